The van der Waals surface area contributed by atoms with Gasteiger partial charge in [0.05, 0.1) is 11.1 Å². The molecular formula is C18H22N4O4. The molecule has 0 atom stereocenters. The Hall–Kier alpha value is -2.90. The maximum Gasteiger partial charge on any atom is 0.317 e. The Morgan fingerprint density at radius 1 is 0.962 bits per heavy atom. The molecule has 2 heterocycles. The summed E-state index contributed by atoms with van der Waals surface area (Å²) in [4.78, 5) is 52.5. The van der Waals surface area contributed by atoms with Gasteiger partial charge in [-0.1, -0.05) is 12.1 Å². The summed E-state index contributed by atoms with van der Waals surface area (Å²) in [6.45, 7) is 4.25. The number of rotatable bonds is 4. The average molecular weight is 358 g/mol. The molecule has 2 aliphatic rings. The number of nitrogens with zero attached hydrogens (tertiary/aromatic N) is 3. The van der Waals surface area contributed by atoms with E-state index in [-0.39, 0.29) is 30.3 Å². The minimum absolute atomic E-state index is 0.0194. The maximum atomic E-state index is 12.2. The lowest BCUT2D eigenvalue weighted by molar-refractivity contribution is -0.130. The van der Waals surface area contributed by atoms with E-state index in [0.29, 0.717) is 50.3 Å². The fourth-order valence-corrected chi connectivity index (χ4v) is 3.21. The van der Waals surface area contributed by atoms with Crippen molar-refractivity contribution in [3.63, 3.8) is 0 Å². The number of nitrogens with one attached hydrogen (secondary N) is 1. The predicted molar refractivity (Wildman–Crippen MR) is 93.7 cm³/mol. The van der Waals surface area contributed by atoms with E-state index >= 15 is 0 Å². The highest BCUT2D eigenvalue weighted by atomic mass is 16.2. The van der Waals surface area contributed by atoms with Crippen molar-refractivity contribution in [1.82, 2.24) is 20.0 Å². The van der Waals surface area contributed by atoms with Gasteiger partial charge in [0.1, 0.15) is 0 Å². The summed E-state index contributed by atoms with van der Waals surface area (Å²) >= 11 is 0. The molecule has 26 heavy (non-hydrogen) atoms. The maximum absolute atomic E-state index is 12.2. The Labute approximate surface area is 151 Å². The van der Waals surface area contributed by atoms with Crippen molar-refractivity contribution in [1.29, 1.82) is 0 Å². The van der Waals surface area contributed by atoms with E-state index in [1.54, 1.807) is 34.1 Å². The number of carbonyl (C=O) groups excluding carboxylic acids is 4. The lowest BCUT2D eigenvalue weighted by Gasteiger charge is -2.34. The molecule has 0 aromatic heterocycles. The van der Waals surface area contributed by atoms with E-state index in [9.17, 15) is 19.2 Å². The quantitative estimate of drug-likeness (QED) is 0.629. The molecule has 0 unspecified atom stereocenters. The lowest BCUT2D eigenvalue weighted by atomic mass is 10.1. The Balaban J connectivity index is 1.41. The molecule has 5 amide bonds. The number of hydrogen-bond donors (Lipinski definition) is 1. The Kier molecular flexibility index (Phi) is 5.20. The third-order valence-corrected chi connectivity index (χ3v) is 4.73. The predicted octanol–water partition coefficient (Wildman–Crippen LogP) is 0.546. The minimum Gasteiger partial charge on any atom is -0.339 e. The zero-order valence-corrected chi connectivity index (χ0v) is 14.7. The van der Waals surface area contributed by atoms with E-state index in [1.165, 1.54) is 11.8 Å². The van der Waals surface area contributed by atoms with Crippen molar-refractivity contribution in [2.24, 2.45) is 0 Å². The number of piperazine rings is 1. The van der Waals surface area contributed by atoms with E-state index in [2.05, 4.69) is 5.32 Å². The van der Waals surface area contributed by atoms with Gasteiger partial charge < -0.3 is 15.1 Å². The van der Waals surface area contributed by atoms with E-state index in [1.807, 2.05) is 0 Å². The molecule has 0 aliphatic carbocycles. The Morgan fingerprint density at radius 3 is 2.04 bits per heavy atom. The summed E-state index contributed by atoms with van der Waals surface area (Å²) in [7, 11) is 0. The van der Waals surface area contributed by atoms with Crippen molar-refractivity contribution in [2.75, 3.05) is 39.3 Å². The molecule has 3 rings (SSSR count). The van der Waals surface area contributed by atoms with Gasteiger partial charge in [0.2, 0.25) is 5.91 Å². The van der Waals surface area contributed by atoms with Crippen LogP contribution in [0.5, 0.6) is 0 Å². The zero-order valence-electron chi connectivity index (χ0n) is 14.7. The highest BCUT2D eigenvalue weighted by Crippen LogP contribution is 2.22. The molecule has 8 heteroatoms. The van der Waals surface area contributed by atoms with E-state index < -0.39 is 0 Å². The molecule has 1 aromatic rings. The van der Waals surface area contributed by atoms with E-state index in [0.717, 1.165) is 0 Å². The lowest BCUT2D eigenvalue weighted by Crippen LogP contribution is -2.53. The molecule has 0 spiro atoms. The summed E-state index contributed by atoms with van der Waals surface area (Å²) in [5.74, 6) is -0.541. The second-order valence-corrected chi connectivity index (χ2v) is 6.39. The second-order valence-electron chi connectivity index (χ2n) is 6.39. The summed E-state index contributed by atoms with van der Waals surface area (Å²) in [6.07, 6.45) is 0.491. The first-order valence-corrected chi connectivity index (χ1v) is 8.72. The number of urea groups is 1. The Morgan fingerprint density at radius 2 is 1.50 bits per heavy atom. The first kappa shape index (κ1) is 17.9. The highest BCUT2D eigenvalue weighted by molar-refractivity contribution is 6.21. The second kappa shape index (κ2) is 7.55. The molecule has 8 nitrogen and oxygen atoms in total. The molecule has 1 N–H and O–H groups in total. The molecule has 1 aromatic carbocycles. The van der Waals surface area contributed by atoms with Crippen molar-refractivity contribution < 1.29 is 19.2 Å². The van der Waals surface area contributed by atoms with Gasteiger partial charge >= 0.3 is 6.03 Å². The molecule has 0 radical (unpaired) electrons. The monoisotopic (exact) mass is 358 g/mol. The fraction of sp³-hybridized carbons (Fsp3) is 0.444. The topological polar surface area (TPSA) is 90.0 Å². The summed E-state index contributed by atoms with van der Waals surface area (Å²) < 4.78 is 0. The van der Waals surface area contributed by atoms with Gasteiger partial charge in [0.15, 0.2) is 0 Å². The first-order chi connectivity index (χ1) is 12.5. The van der Waals surface area contributed by atoms with Crippen molar-refractivity contribution in [3.05, 3.63) is 35.4 Å². The number of imide groups is 1. The van der Waals surface area contributed by atoms with Crippen LogP contribution in [0.3, 0.4) is 0 Å². The Bertz CT molecular complexity index is 705. The minimum atomic E-state index is -0.280. The zero-order chi connectivity index (χ0) is 18.7. The molecule has 1 fully saturated rings. The van der Waals surface area contributed by atoms with Crippen LogP contribution < -0.4 is 5.32 Å². The van der Waals surface area contributed by atoms with Crippen LogP contribution in [0.15, 0.2) is 24.3 Å². The van der Waals surface area contributed by atoms with Crippen LogP contribution >= 0.6 is 0 Å². The summed E-state index contributed by atoms with van der Waals surface area (Å²) in [5, 5.41) is 2.81. The third-order valence-electron chi connectivity index (χ3n) is 4.73. The molecule has 138 valence electrons. The van der Waals surface area contributed by atoms with Crippen LogP contribution in [0.4, 0.5) is 4.79 Å². The van der Waals surface area contributed by atoms with Crippen molar-refractivity contribution in [2.45, 2.75) is 13.3 Å². The largest absolute Gasteiger partial charge is 0.339 e. The van der Waals surface area contributed by atoms with Crippen LogP contribution in [-0.2, 0) is 4.79 Å². The van der Waals surface area contributed by atoms with Gasteiger partial charge in [-0.25, -0.2) is 4.79 Å². The van der Waals surface area contributed by atoms with Gasteiger partial charge in [-0.2, -0.15) is 0 Å². The molecule has 1 saturated heterocycles. The number of hydrogen-bond acceptors (Lipinski definition) is 4. The number of carbonyl (C=O) groups is 4. The summed E-state index contributed by atoms with van der Waals surface area (Å²) in [6, 6.07) is 6.59. The first-order valence-electron chi connectivity index (χ1n) is 8.72. The van der Waals surface area contributed by atoms with Crippen LogP contribution in [0.25, 0.3) is 0 Å². The van der Waals surface area contributed by atoms with Crippen LogP contribution in [0.1, 0.15) is 34.1 Å². The van der Waals surface area contributed by atoms with Crippen LogP contribution in [0.2, 0.25) is 0 Å². The normalized spacial score (nSPS) is 16.7. The summed E-state index contributed by atoms with van der Waals surface area (Å²) in [5.41, 5.74) is 0.870. The van der Waals surface area contributed by atoms with Gasteiger partial charge in [0.25, 0.3) is 11.8 Å². The standard InChI is InChI=1S/C18H22N4O4/c1-13(23)20-9-11-21(12-10-20)18(26)19-7-4-8-22-16(24)14-5-2-3-6-15(14)17(22)25/h2-3,5-6H,4,7-12H2,1H3,(H,19,26). The van der Waals surface area contributed by atoms with E-state index in [4.69, 9.17) is 0 Å². The smallest absolute Gasteiger partial charge is 0.317 e. The van der Waals surface area contributed by atoms with Gasteiger partial charge in [-0.15, -0.1) is 0 Å². The van der Waals surface area contributed by atoms with Crippen LogP contribution in [-0.4, -0.2) is 77.7 Å². The fourth-order valence-electron chi connectivity index (χ4n) is 3.21. The van der Waals surface area contributed by atoms with Gasteiger partial charge in [-0.3, -0.25) is 19.3 Å². The van der Waals surface area contributed by atoms with Crippen LogP contribution in [0, 0.1) is 0 Å². The third kappa shape index (κ3) is 3.54. The number of fused-ring (bicyclic) bond motifs is 1. The molecular weight excluding hydrogens is 336 g/mol. The number of benzene rings is 1. The SMILES string of the molecule is CC(=O)N1CCN(C(=O)NCCCN2C(=O)c3ccccc3C2=O)CC1. The molecule has 2 aliphatic heterocycles. The van der Waals surface area contributed by atoms with Gasteiger partial charge in [0, 0.05) is 46.2 Å². The van der Waals surface area contributed by atoms with Crippen molar-refractivity contribution in [3.8, 4) is 0 Å². The van der Waals surface area contributed by atoms with Gasteiger partial charge in [-0.05, 0) is 18.6 Å². The molecule has 0 saturated carbocycles. The highest BCUT2D eigenvalue weighted by Gasteiger charge is 2.34. The average Bonchev–Trinajstić information content (AvgIpc) is 2.90. The van der Waals surface area contributed by atoms with Crippen molar-refractivity contribution >= 4 is 23.8 Å². The molecule has 0 bridgehead atoms. The number of amides is 5.